The van der Waals surface area contributed by atoms with Crippen LogP contribution in [0, 0.1) is 0 Å². The maximum Gasteiger partial charge on any atom is 0.232 e. The van der Waals surface area contributed by atoms with Crippen LogP contribution in [0.4, 0.5) is 5.69 Å². The zero-order valence-electron chi connectivity index (χ0n) is 10.0. The molecule has 1 atom stereocenters. The molecule has 0 aliphatic carbocycles. The first-order valence-electron chi connectivity index (χ1n) is 5.59. The van der Waals surface area contributed by atoms with Gasteiger partial charge in [0.2, 0.25) is 10.0 Å². The zero-order valence-corrected chi connectivity index (χ0v) is 10.8. The highest BCUT2D eigenvalue weighted by Crippen LogP contribution is 2.20. The fourth-order valence-corrected chi connectivity index (χ4v) is 2.01. The Morgan fingerprint density at radius 1 is 1.19 bits per heavy atom. The van der Waals surface area contributed by atoms with Gasteiger partial charge in [-0.25, -0.2) is 8.42 Å². The molecular weight excluding hydrogens is 222 g/mol. The Balaban J connectivity index is 2.80. The Morgan fingerprint density at radius 2 is 1.75 bits per heavy atom. The van der Waals surface area contributed by atoms with Crippen LogP contribution < -0.4 is 4.72 Å². The van der Waals surface area contributed by atoms with Crippen molar-refractivity contribution in [1.82, 2.24) is 0 Å². The molecule has 1 rings (SSSR count). The molecule has 0 saturated carbocycles. The van der Waals surface area contributed by atoms with Gasteiger partial charge in [0.25, 0.3) is 0 Å². The first kappa shape index (κ1) is 13.0. The van der Waals surface area contributed by atoms with Crippen molar-refractivity contribution in [2.24, 2.45) is 0 Å². The largest absolute Gasteiger partial charge is 0.284 e. The molecule has 1 aromatic rings. The highest BCUT2D eigenvalue weighted by molar-refractivity contribution is 7.92. The van der Waals surface area contributed by atoms with E-state index in [1.54, 1.807) is 6.92 Å². The van der Waals surface area contributed by atoms with Crippen LogP contribution in [-0.4, -0.2) is 14.2 Å². The predicted molar refractivity (Wildman–Crippen MR) is 68.2 cm³/mol. The van der Waals surface area contributed by atoms with Crippen molar-refractivity contribution in [2.75, 3.05) is 10.5 Å². The lowest BCUT2D eigenvalue weighted by atomic mass is 9.99. The van der Waals surface area contributed by atoms with Gasteiger partial charge in [-0.15, -0.1) is 0 Å². The number of anilines is 1. The minimum Gasteiger partial charge on any atom is -0.284 e. The first-order chi connectivity index (χ1) is 7.48. The Bertz CT molecular complexity index is 423. The minimum atomic E-state index is -3.16. The third kappa shape index (κ3) is 3.52. The number of sulfonamides is 1. The van der Waals surface area contributed by atoms with Crippen LogP contribution in [0.25, 0.3) is 0 Å². The number of benzene rings is 1. The summed E-state index contributed by atoms with van der Waals surface area (Å²) < 4.78 is 25.2. The second-order valence-corrected chi connectivity index (χ2v) is 5.95. The van der Waals surface area contributed by atoms with Crippen LogP contribution in [-0.2, 0) is 10.0 Å². The SMILES string of the molecule is CCC(C)c1ccc(NS(=O)(=O)CC)cc1. The number of hydrogen-bond donors (Lipinski definition) is 1. The molecule has 0 amide bonds. The van der Waals surface area contributed by atoms with Gasteiger partial charge in [0, 0.05) is 5.69 Å². The molecule has 4 heteroatoms. The second kappa shape index (κ2) is 5.34. The lowest BCUT2D eigenvalue weighted by Crippen LogP contribution is -2.14. The summed E-state index contributed by atoms with van der Waals surface area (Å²) in [5, 5.41) is 0. The Hall–Kier alpha value is -1.03. The Morgan fingerprint density at radius 3 is 2.19 bits per heavy atom. The van der Waals surface area contributed by atoms with Gasteiger partial charge in [0.15, 0.2) is 0 Å². The lowest BCUT2D eigenvalue weighted by molar-refractivity contribution is 0.602. The monoisotopic (exact) mass is 241 g/mol. The topological polar surface area (TPSA) is 46.2 Å². The smallest absolute Gasteiger partial charge is 0.232 e. The molecule has 0 radical (unpaired) electrons. The van der Waals surface area contributed by atoms with Crippen molar-refractivity contribution in [3.05, 3.63) is 29.8 Å². The van der Waals surface area contributed by atoms with E-state index in [2.05, 4.69) is 18.6 Å². The summed E-state index contributed by atoms with van der Waals surface area (Å²) in [5.74, 6) is 0.608. The van der Waals surface area contributed by atoms with Crippen molar-refractivity contribution < 1.29 is 8.42 Å². The van der Waals surface area contributed by atoms with Crippen LogP contribution in [0.3, 0.4) is 0 Å². The summed E-state index contributed by atoms with van der Waals surface area (Å²) in [4.78, 5) is 0. The maximum absolute atomic E-state index is 11.3. The molecule has 1 N–H and O–H groups in total. The highest BCUT2D eigenvalue weighted by atomic mass is 32.2. The Labute approximate surface area is 97.9 Å². The standard InChI is InChI=1S/C12H19NO2S/c1-4-10(3)11-6-8-12(9-7-11)13-16(14,15)5-2/h6-10,13H,4-5H2,1-3H3. The normalized spacial score (nSPS) is 13.4. The summed E-state index contributed by atoms with van der Waals surface area (Å²) >= 11 is 0. The van der Waals surface area contributed by atoms with E-state index in [1.165, 1.54) is 5.56 Å². The molecule has 0 saturated heterocycles. The summed E-state index contributed by atoms with van der Waals surface area (Å²) in [6.45, 7) is 5.92. The van der Waals surface area contributed by atoms with Crippen molar-refractivity contribution in [1.29, 1.82) is 0 Å². The van der Waals surface area contributed by atoms with E-state index in [0.717, 1.165) is 6.42 Å². The van der Waals surface area contributed by atoms with Crippen LogP contribution in [0.5, 0.6) is 0 Å². The lowest BCUT2D eigenvalue weighted by Gasteiger charge is -2.10. The molecule has 0 spiro atoms. The van der Waals surface area contributed by atoms with E-state index in [0.29, 0.717) is 11.6 Å². The molecule has 0 aliphatic heterocycles. The molecule has 1 aromatic carbocycles. The van der Waals surface area contributed by atoms with E-state index >= 15 is 0 Å². The van der Waals surface area contributed by atoms with Crippen LogP contribution in [0.2, 0.25) is 0 Å². The molecule has 0 aliphatic rings. The molecular formula is C12H19NO2S. The van der Waals surface area contributed by atoms with E-state index < -0.39 is 10.0 Å². The first-order valence-corrected chi connectivity index (χ1v) is 7.24. The highest BCUT2D eigenvalue weighted by Gasteiger charge is 2.07. The van der Waals surface area contributed by atoms with E-state index in [-0.39, 0.29) is 5.75 Å². The Kier molecular flexibility index (Phi) is 4.35. The van der Waals surface area contributed by atoms with Crippen molar-refractivity contribution in [2.45, 2.75) is 33.1 Å². The quantitative estimate of drug-likeness (QED) is 0.861. The van der Waals surface area contributed by atoms with Crippen LogP contribution in [0.15, 0.2) is 24.3 Å². The predicted octanol–water partition coefficient (Wildman–Crippen LogP) is 2.96. The number of nitrogens with one attached hydrogen (secondary N) is 1. The molecule has 1 unspecified atom stereocenters. The third-order valence-electron chi connectivity index (χ3n) is 2.75. The fraction of sp³-hybridized carbons (Fsp3) is 0.500. The summed E-state index contributed by atoms with van der Waals surface area (Å²) in [6, 6.07) is 7.58. The molecule has 0 heterocycles. The van der Waals surface area contributed by atoms with Crippen LogP contribution >= 0.6 is 0 Å². The average Bonchev–Trinajstić information content (AvgIpc) is 2.28. The van der Waals surface area contributed by atoms with E-state index in [4.69, 9.17) is 0 Å². The molecule has 0 aromatic heterocycles. The summed E-state index contributed by atoms with van der Waals surface area (Å²) in [7, 11) is -3.16. The number of hydrogen-bond acceptors (Lipinski definition) is 2. The van der Waals surface area contributed by atoms with Gasteiger partial charge in [-0.05, 0) is 37.0 Å². The third-order valence-corrected chi connectivity index (χ3v) is 4.05. The van der Waals surface area contributed by atoms with Crippen molar-refractivity contribution >= 4 is 15.7 Å². The zero-order chi connectivity index (χ0) is 12.2. The molecule has 0 bridgehead atoms. The summed E-state index contributed by atoms with van der Waals surface area (Å²) in [5.41, 5.74) is 1.87. The van der Waals surface area contributed by atoms with Gasteiger partial charge in [-0.1, -0.05) is 26.0 Å². The van der Waals surface area contributed by atoms with Gasteiger partial charge in [-0.3, -0.25) is 4.72 Å². The maximum atomic E-state index is 11.3. The van der Waals surface area contributed by atoms with Gasteiger partial charge in [0.1, 0.15) is 0 Å². The molecule has 90 valence electrons. The molecule has 0 fully saturated rings. The average molecular weight is 241 g/mol. The summed E-state index contributed by atoms with van der Waals surface area (Å²) in [6.07, 6.45) is 1.08. The van der Waals surface area contributed by atoms with Gasteiger partial charge in [-0.2, -0.15) is 0 Å². The molecule has 3 nitrogen and oxygen atoms in total. The van der Waals surface area contributed by atoms with Gasteiger partial charge < -0.3 is 0 Å². The van der Waals surface area contributed by atoms with Crippen molar-refractivity contribution in [3.63, 3.8) is 0 Å². The van der Waals surface area contributed by atoms with Crippen LogP contribution in [0.1, 0.15) is 38.7 Å². The van der Waals surface area contributed by atoms with Gasteiger partial charge in [0.05, 0.1) is 5.75 Å². The molecule has 16 heavy (non-hydrogen) atoms. The van der Waals surface area contributed by atoms with E-state index in [1.807, 2.05) is 24.3 Å². The fourth-order valence-electron chi connectivity index (χ4n) is 1.37. The van der Waals surface area contributed by atoms with Gasteiger partial charge >= 0.3 is 0 Å². The number of rotatable bonds is 5. The van der Waals surface area contributed by atoms with E-state index in [9.17, 15) is 8.42 Å². The second-order valence-electron chi connectivity index (χ2n) is 3.94. The van der Waals surface area contributed by atoms with Crippen molar-refractivity contribution in [3.8, 4) is 0 Å². The minimum absolute atomic E-state index is 0.0973.